The summed E-state index contributed by atoms with van der Waals surface area (Å²) in [5.74, 6) is -0.720. The van der Waals surface area contributed by atoms with E-state index in [1.807, 2.05) is 0 Å². The monoisotopic (exact) mass is 343 g/mol. The van der Waals surface area contributed by atoms with Gasteiger partial charge in [-0.3, -0.25) is 0 Å². The number of benzene rings is 1. The van der Waals surface area contributed by atoms with Crippen LogP contribution in [0.15, 0.2) is 24.3 Å². The molecule has 0 bridgehead atoms. The zero-order chi connectivity index (χ0) is 18.3. The molecule has 2 aromatic rings. The fraction of sp³-hybridized carbons (Fsp3) is 0.375. The second-order valence-electron chi connectivity index (χ2n) is 6.11. The van der Waals surface area contributed by atoms with Crippen LogP contribution in [-0.4, -0.2) is 29.3 Å². The molecule has 0 fully saturated rings. The van der Waals surface area contributed by atoms with Gasteiger partial charge in [-0.25, -0.2) is 14.2 Å². The molecule has 0 amide bonds. The Kier molecular flexibility index (Phi) is 4.34. The van der Waals surface area contributed by atoms with Gasteiger partial charge in [0.1, 0.15) is 11.3 Å². The fourth-order valence-corrected chi connectivity index (χ4v) is 2.16. The number of ether oxygens (including phenoxy) is 2. The number of rotatable bonds is 1. The van der Waals surface area contributed by atoms with Gasteiger partial charge < -0.3 is 9.47 Å². The van der Waals surface area contributed by atoms with Crippen LogP contribution < -0.4 is 0 Å². The number of alkyl halides is 3. The van der Waals surface area contributed by atoms with Gasteiger partial charge in [0, 0.05) is 5.39 Å². The lowest BCUT2D eigenvalue weighted by atomic mass is 10.1. The Morgan fingerprint density at radius 2 is 1.71 bits per heavy atom. The van der Waals surface area contributed by atoms with Crippen molar-refractivity contribution >= 4 is 23.0 Å². The Hall–Kier alpha value is -2.51. The molecule has 1 aromatic heterocycles. The standard InChI is InChI=1S/C16H16F3NO4/c1-15(2,3)24-14(22)20-11-7-10(13(21)23-4)6-5-9(11)8-12(20)16(17,18)19/h5-8H,1-4H3. The van der Waals surface area contributed by atoms with Crippen LogP contribution in [0.25, 0.3) is 10.9 Å². The second-order valence-corrected chi connectivity index (χ2v) is 6.11. The van der Waals surface area contributed by atoms with Crippen LogP contribution in [-0.2, 0) is 15.7 Å². The van der Waals surface area contributed by atoms with Crippen LogP contribution in [0.4, 0.5) is 18.0 Å². The summed E-state index contributed by atoms with van der Waals surface area (Å²) in [5.41, 5.74) is -2.20. The maximum Gasteiger partial charge on any atom is 0.432 e. The van der Waals surface area contributed by atoms with Crippen LogP contribution in [0.1, 0.15) is 36.8 Å². The zero-order valence-corrected chi connectivity index (χ0v) is 13.5. The summed E-state index contributed by atoms with van der Waals surface area (Å²) in [6.45, 7) is 4.64. The van der Waals surface area contributed by atoms with Crippen LogP contribution >= 0.6 is 0 Å². The number of fused-ring (bicyclic) bond motifs is 1. The number of aromatic nitrogens is 1. The van der Waals surface area contributed by atoms with E-state index in [1.165, 1.54) is 18.2 Å². The van der Waals surface area contributed by atoms with E-state index in [0.29, 0.717) is 4.57 Å². The Morgan fingerprint density at radius 1 is 1.08 bits per heavy atom. The lowest BCUT2D eigenvalue weighted by Crippen LogP contribution is -2.29. The van der Waals surface area contributed by atoms with E-state index >= 15 is 0 Å². The predicted molar refractivity (Wildman–Crippen MR) is 79.9 cm³/mol. The Labute approximate surface area is 135 Å². The van der Waals surface area contributed by atoms with Crippen molar-refractivity contribution in [3.05, 3.63) is 35.5 Å². The van der Waals surface area contributed by atoms with Gasteiger partial charge in [0.25, 0.3) is 0 Å². The zero-order valence-electron chi connectivity index (χ0n) is 13.5. The van der Waals surface area contributed by atoms with Crippen molar-refractivity contribution in [1.29, 1.82) is 0 Å². The van der Waals surface area contributed by atoms with Gasteiger partial charge in [-0.15, -0.1) is 0 Å². The molecule has 1 heterocycles. The SMILES string of the molecule is COC(=O)c1ccc2cc(C(F)(F)F)n(C(=O)OC(C)(C)C)c2c1. The van der Waals surface area contributed by atoms with E-state index < -0.39 is 29.5 Å². The third-order valence-electron chi connectivity index (χ3n) is 3.09. The molecule has 0 spiro atoms. The van der Waals surface area contributed by atoms with E-state index in [9.17, 15) is 22.8 Å². The van der Waals surface area contributed by atoms with E-state index in [4.69, 9.17) is 4.74 Å². The molecular formula is C16H16F3NO4. The van der Waals surface area contributed by atoms with Crippen molar-refractivity contribution in [2.75, 3.05) is 7.11 Å². The maximum absolute atomic E-state index is 13.3. The van der Waals surface area contributed by atoms with Crippen molar-refractivity contribution in [3.63, 3.8) is 0 Å². The highest BCUT2D eigenvalue weighted by Gasteiger charge is 2.38. The predicted octanol–water partition coefficient (Wildman–Crippen LogP) is 4.23. The Balaban J connectivity index is 2.71. The summed E-state index contributed by atoms with van der Waals surface area (Å²) >= 11 is 0. The first kappa shape index (κ1) is 17.8. The first-order chi connectivity index (χ1) is 10.9. The van der Waals surface area contributed by atoms with Gasteiger partial charge in [0.2, 0.25) is 0 Å². The molecule has 0 aliphatic carbocycles. The molecule has 24 heavy (non-hydrogen) atoms. The first-order valence-electron chi connectivity index (χ1n) is 6.98. The molecule has 0 saturated heterocycles. The fourth-order valence-electron chi connectivity index (χ4n) is 2.16. The van der Waals surface area contributed by atoms with Gasteiger partial charge in [-0.1, -0.05) is 6.07 Å². The molecule has 130 valence electrons. The number of carbonyl (C=O) groups is 2. The van der Waals surface area contributed by atoms with E-state index in [0.717, 1.165) is 13.2 Å². The van der Waals surface area contributed by atoms with Crippen molar-refractivity contribution in [2.45, 2.75) is 32.5 Å². The average Bonchev–Trinajstić information content (AvgIpc) is 2.83. The number of nitrogens with zero attached hydrogens (tertiary/aromatic N) is 1. The molecule has 0 radical (unpaired) electrons. The van der Waals surface area contributed by atoms with Crippen molar-refractivity contribution in [1.82, 2.24) is 4.57 Å². The lowest BCUT2D eigenvalue weighted by molar-refractivity contribution is -0.142. The van der Waals surface area contributed by atoms with Crippen LogP contribution in [0.5, 0.6) is 0 Å². The summed E-state index contributed by atoms with van der Waals surface area (Å²) < 4.78 is 49.9. The molecule has 0 saturated carbocycles. The molecule has 8 heteroatoms. The first-order valence-corrected chi connectivity index (χ1v) is 6.98. The lowest BCUT2D eigenvalue weighted by Gasteiger charge is -2.21. The minimum Gasteiger partial charge on any atom is -0.465 e. The highest BCUT2D eigenvalue weighted by atomic mass is 19.4. The molecule has 0 unspecified atom stereocenters. The van der Waals surface area contributed by atoms with Crippen LogP contribution in [0, 0.1) is 0 Å². The minimum absolute atomic E-state index is 0.0293. The van der Waals surface area contributed by atoms with Gasteiger partial charge in [0.05, 0.1) is 18.2 Å². The Bertz CT molecular complexity index is 800. The summed E-state index contributed by atoms with van der Waals surface area (Å²) in [6.07, 6.45) is -5.94. The topological polar surface area (TPSA) is 57.5 Å². The number of hydrogen-bond donors (Lipinski definition) is 0. The molecular weight excluding hydrogens is 327 g/mol. The van der Waals surface area contributed by atoms with Crippen LogP contribution in [0.3, 0.4) is 0 Å². The summed E-state index contributed by atoms with van der Waals surface area (Å²) in [5, 5.41) is 0.154. The molecule has 0 aliphatic heterocycles. The summed E-state index contributed by atoms with van der Waals surface area (Å²) in [4.78, 5) is 23.9. The number of esters is 1. The number of carbonyl (C=O) groups excluding carboxylic acids is 2. The van der Waals surface area contributed by atoms with E-state index in [1.54, 1.807) is 20.8 Å². The maximum atomic E-state index is 13.3. The number of methoxy groups -OCH3 is 1. The third-order valence-corrected chi connectivity index (χ3v) is 3.09. The van der Waals surface area contributed by atoms with Crippen LogP contribution in [0.2, 0.25) is 0 Å². The largest absolute Gasteiger partial charge is 0.465 e. The molecule has 0 N–H and O–H groups in total. The molecule has 0 atom stereocenters. The molecule has 2 rings (SSSR count). The van der Waals surface area contributed by atoms with Crippen molar-refractivity contribution in [3.8, 4) is 0 Å². The molecule has 0 aliphatic rings. The average molecular weight is 343 g/mol. The second kappa shape index (κ2) is 5.85. The highest BCUT2D eigenvalue weighted by Crippen LogP contribution is 2.35. The van der Waals surface area contributed by atoms with E-state index in [-0.39, 0.29) is 16.5 Å². The molecule has 1 aromatic carbocycles. The minimum atomic E-state index is -4.76. The normalized spacial score (nSPS) is 12.3. The summed E-state index contributed by atoms with van der Waals surface area (Å²) in [7, 11) is 1.15. The van der Waals surface area contributed by atoms with E-state index in [2.05, 4.69) is 4.74 Å². The van der Waals surface area contributed by atoms with Crippen molar-refractivity contribution in [2.24, 2.45) is 0 Å². The van der Waals surface area contributed by atoms with Gasteiger partial charge in [-0.05, 0) is 39.0 Å². The number of halogens is 3. The quantitative estimate of drug-likeness (QED) is 0.727. The van der Waals surface area contributed by atoms with Gasteiger partial charge in [0.15, 0.2) is 0 Å². The van der Waals surface area contributed by atoms with Crippen molar-refractivity contribution < 1.29 is 32.2 Å². The summed E-state index contributed by atoms with van der Waals surface area (Å²) in [6, 6.07) is 4.64. The molecule has 5 nitrogen and oxygen atoms in total. The number of hydrogen-bond acceptors (Lipinski definition) is 4. The third kappa shape index (κ3) is 3.52. The van der Waals surface area contributed by atoms with Gasteiger partial charge >= 0.3 is 18.2 Å². The smallest absolute Gasteiger partial charge is 0.432 e. The highest BCUT2D eigenvalue weighted by molar-refractivity contribution is 5.97. The van der Waals surface area contributed by atoms with Gasteiger partial charge in [-0.2, -0.15) is 13.2 Å². The Morgan fingerprint density at radius 3 is 2.21 bits per heavy atom.